The summed E-state index contributed by atoms with van der Waals surface area (Å²) < 4.78 is 0. The van der Waals surface area contributed by atoms with Gasteiger partial charge in [-0.2, -0.15) is 0 Å². The molecule has 2 radical (unpaired) electrons. The minimum atomic E-state index is -0.693. The van der Waals surface area contributed by atoms with E-state index in [1.165, 1.54) is 0 Å². The van der Waals surface area contributed by atoms with Crippen molar-refractivity contribution in [1.82, 2.24) is 0 Å². The number of carboxylic acids is 1. The van der Waals surface area contributed by atoms with Crippen LogP contribution in [0.1, 0.15) is 26.2 Å². The van der Waals surface area contributed by atoms with Crippen molar-refractivity contribution in [2.75, 3.05) is 0 Å². The minimum absolute atomic E-state index is 0. The number of hydrogen-bond acceptors (Lipinski definition) is 1. The van der Waals surface area contributed by atoms with Crippen LogP contribution in [0, 0.1) is 0 Å². The molecule has 0 saturated carbocycles. The zero-order valence-corrected chi connectivity index (χ0v) is 7.22. The first-order chi connectivity index (χ1) is 3.27. The first-order valence-corrected chi connectivity index (χ1v) is 2.49. The Morgan fingerprint density at radius 2 is 2.12 bits per heavy atom. The van der Waals surface area contributed by atoms with Gasteiger partial charge in [0, 0.05) is 30.1 Å². The summed E-state index contributed by atoms with van der Waals surface area (Å²) in [6.45, 7) is 1.98. The van der Waals surface area contributed by atoms with Gasteiger partial charge in [0.25, 0.3) is 0 Å². The zero-order chi connectivity index (χ0) is 5.70. The van der Waals surface area contributed by atoms with Crippen molar-refractivity contribution in [3.05, 3.63) is 0 Å². The molecule has 1 N–H and O–H groups in total. The zero-order valence-electron chi connectivity index (χ0n) is 4.89. The molecule has 0 atom stereocenters. The molecule has 0 spiro atoms. The maximum Gasteiger partial charge on any atom is 0.303 e. The third-order valence-corrected chi connectivity index (χ3v) is 0.744. The predicted octanol–water partition coefficient (Wildman–Crippen LogP) is 0.880. The molecule has 0 aromatic heterocycles. The molecule has 0 aliphatic carbocycles. The van der Waals surface area contributed by atoms with Crippen LogP contribution in [0.3, 0.4) is 0 Å². The van der Waals surface area contributed by atoms with Gasteiger partial charge in [0.15, 0.2) is 0 Å². The van der Waals surface area contributed by atoms with Crippen LogP contribution in [0.4, 0.5) is 0 Å². The smallest absolute Gasteiger partial charge is 0.303 e. The molecule has 0 aliphatic rings. The molecule has 0 aromatic carbocycles. The quantitative estimate of drug-likeness (QED) is 0.730. The van der Waals surface area contributed by atoms with Gasteiger partial charge in [0.1, 0.15) is 0 Å². The van der Waals surface area contributed by atoms with Gasteiger partial charge in [0.05, 0.1) is 0 Å². The second-order valence-corrected chi connectivity index (χ2v) is 1.50. The van der Waals surface area contributed by atoms with E-state index in [0.717, 1.165) is 12.8 Å². The molecular weight excluding hydrogens is 220 g/mol. The summed E-state index contributed by atoms with van der Waals surface area (Å²) in [5.74, 6) is -0.693. The van der Waals surface area contributed by atoms with Crippen LogP contribution in [0.5, 0.6) is 0 Å². The molecule has 0 unspecified atom stereocenters. The van der Waals surface area contributed by atoms with E-state index in [1.54, 1.807) is 0 Å². The summed E-state index contributed by atoms with van der Waals surface area (Å²) >= 11 is 0. The fraction of sp³-hybridized carbons (Fsp3) is 0.800. The maximum atomic E-state index is 9.76. The predicted molar refractivity (Wildman–Crippen MR) is 32.9 cm³/mol. The standard InChI is InChI=1S/C5H10O2.Te/c1-2-3-4-5(6)7;/h2-4H2,1H3,(H,6,7);. The Bertz CT molecular complexity index is 63.4. The van der Waals surface area contributed by atoms with Gasteiger partial charge in [0.2, 0.25) is 0 Å². The molecule has 8 heavy (non-hydrogen) atoms. The van der Waals surface area contributed by atoms with Crippen molar-refractivity contribution in [3.8, 4) is 0 Å². The molecule has 0 aromatic rings. The summed E-state index contributed by atoms with van der Waals surface area (Å²) in [6, 6.07) is 0. The normalized spacial score (nSPS) is 7.62. The average molecular weight is 230 g/mol. The van der Waals surface area contributed by atoms with E-state index in [-0.39, 0.29) is 23.7 Å². The largest absolute Gasteiger partial charge is 0.481 e. The molecule has 48 valence electrons. The van der Waals surface area contributed by atoms with Crippen LogP contribution in [0.2, 0.25) is 0 Å². The molecule has 0 heterocycles. The van der Waals surface area contributed by atoms with Gasteiger partial charge in [-0.15, -0.1) is 0 Å². The monoisotopic (exact) mass is 232 g/mol. The second kappa shape index (κ2) is 7.26. The Kier molecular flexibility index (Phi) is 10.1. The third-order valence-electron chi connectivity index (χ3n) is 0.744. The molecule has 0 rings (SSSR count). The summed E-state index contributed by atoms with van der Waals surface area (Å²) in [5.41, 5.74) is 0. The van der Waals surface area contributed by atoms with Crippen molar-refractivity contribution in [2.45, 2.75) is 26.2 Å². The van der Waals surface area contributed by atoms with E-state index < -0.39 is 5.97 Å². The van der Waals surface area contributed by atoms with Crippen molar-refractivity contribution in [3.63, 3.8) is 0 Å². The molecular formula is C5H10O2Te. The van der Waals surface area contributed by atoms with Gasteiger partial charge in [-0.3, -0.25) is 4.79 Å². The molecule has 0 amide bonds. The van der Waals surface area contributed by atoms with Crippen LogP contribution in [0.15, 0.2) is 0 Å². The number of carboxylic acid groups (broad SMARTS) is 1. The fourth-order valence-corrected chi connectivity index (χ4v) is 0.328. The Morgan fingerprint density at radius 3 is 2.25 bits per heavy atom. The van der Waals surface area contributed by atoms with Crippen molar-refractivity contribution in [2.24, 2.45) is 0 Å². The van der Waals surface area contributed by atoms with Gasteiger partial charge in [-0.25, -0.2) is 0 Å². The summed E-state index contributed by atoms with van der Waals surface area (Å²) in [4.78, 5) is 9.76. The Balaban J connectivity index is 0. The van der Waals surface area contributed by atoms with Crippen LogP contribution >= 0.6 is 0 Å². The van der Waals surface area contributed by atoms with Crippen molar-refractivity contribution >= 4 is 29.6 Å². The molecule has 0 bridgehead atoms. The van der Waals surface area contributed by atoms with Crippen molar-refractivity contribution < 1.29 is 9.90 Å². The summed E-state index contributed by atoms with van der Waals surface area (Å²) in [6.07, 6.45) is 2.08. The average Bonchev–Trinajstić information content (AvgIpc) is 1.61. The second-order valence-electron chi connectivity index (χ2n) is 1.50. The first-order valence-electron chi connectivity index (χ1n) is 2.49. The van der Waals surface area contributed by atoms with E-state index >= 15 is 0 Å². The molecule has 0 saturated heterocycles. The van der Waals surface area contributed by atoms with Gasteiger partial charge in [-0.1, -0.05) is 13.3 Å². The summed E-state index contributed by atoms with van der Waals surface area (Å²) in [7, 11) is 0. The molecule has 0 fully saturated rings. The number of hydrogen-bond donors (Lipinski definition) is 1. The number of rotatable bonds is 3. The maximum absolute atomic E-state index is 9.76. The van der Waals surface area contributed by atoms with E-state index in [1.807, 2.05) is 6.92 Å². The SMILES string of the molecule is CCCCC(=O)O.[Te]. The van der Waals surface area contributed by atoms with Gasteiger partial charge >= 0.3 is 5.97 Å². The van der Waals surface area contributed by atoms with Crippen LogP contribution in [-0.4, -0.2) is 34.7 Å². The molecule has 3 heteroatoms. The third kappa shape index (κ3) is 9.54. The summed E-state index contributed by atoms with van der Waals surface area (Å²) in [5, 5.41) is 8.04. The first kappa shape index (κ1) is 11.1. The number of aliphatic carboxylic acids is 1. The van der Waals surface area contributed by atoms with Gasteiger partial charge < -0.3 is 5.11 Å². The molecule has 2 nitrogen and oxygen atoms in total. The van der Waals surface area contributed by atoms with Gasteiger partial charge in [-0.05, 0) is 6.42 Å². The van der Waals surface area contributed by atoms with Crippen LogP contribution in [0.25, 0.3) is 0 Å². The van der Waals surface area contributed by atoms with E-state index in [4.69, 9.17) is 5.11 Å². The molecule has 0 aliphatic heterocycles. The van der Waals surface area contributed by atoms with E-state index in [2.05, 4.69) is 0 Å². The Labute approximate surface area is 66.0 Å². The fourth-order valence-electron chi connectivity index (χ4n) is 0.328. The topological polar surface area (TPSA) is 37.3 Å². The number of carbonyl (C=O) groups is 1. The van der Waals surface area contributed by atoms with E-state index in [0.29, 0.717) is 6.42 Å². The van der Waals surface area contributed by atoms with E-state index in [9.17, 15) is 4.79 Å². The van der Waals surface area contributed by atoms with Crippen molar-refractivity contribution in [1.29, 1.82) is 0 Å². The Hall–Kier alpha value is 0.260. The van der Waals surface area contributed by atoms with Crippen LogP contribution in [-0.2, 0) is 4.79 Å². The minimum Gasteiger partial charge on any atom is -0.481 e. The number of unbranched alkanes of at least 4 members (excludes halogenated alkanes) is 1. The van der Waals surface area contributed by atoms with Crippen LogP contribution < -0.4 is 0 Å². The Morgan fingerprint density at radius 1 is 1.62 bits per heavy atom.